The predicted octanol–water partition coefficient (Wildman–Crippen LogP) is 2.51. The first-order chi connectivity index (χ1) is 8.09. The first kappa shape index (κ1) is 15.9. The van der Waals surface area contributed by atoms with Crippen LogP contribution < -0.4 is 5.32 Å². The molecule has 0 aliphatic carbocycles. The zero-order valence-corrected chi connectivity index (χ0v) is 13.3. The molecule has 1 heterocycles. The van der Waals surface area contributed by atoms with Gasteiger partial charge in [0.15, 0.2) is 0 Å². The molecule has 0 radical (unpaired) electrons. The van der Waals surface area contributed by atoms with Crippen LogP contribution in [-0.2, 0) is 4.74 Å². The van der Waals surface area contributed by atoms with Crippen molar-refractivity contribution in [1.29, 1.82) is 0 Å². The molecular formula is C15H32N2O. The summed E-state index contributed by atoms with van der Waals surface area (Å²) in [4.78, 5) is 2.55. The fraction of sp³-hybridized carbons (Fsp3) is 1.00. The summed E-state index contributed by atoms with van der Waals surface area (Å²) in [5.74, 6) is 0. The number of nitrogens with one attached hydrogen (secondary N) is 1. The van der Waals surface area contributed by atoms with Crippen molar-refractivity contribution >= 4 is 0 Å². The normalized spacial score (nSPS) is 27.5. The molecular weight excluding hydrogens is 224 g/mol. The van der Waals surface area contributed by atoms with Crippen molar-refractivity contribution in [1.82, 2.24) is 10.2 Å². The molecule has 18 heavy (non-hydrogen) atoms. The van der Waals surface area contributed by atoms with Crippen molar-refractivity contribution < 1.29 is 4.74 Å². The van der Waals surface area contributed by atoms with Crippen LogP contribution in [0.2, 0.25) is 0 Å². The largest absolute Gasteiger partial charge is 0.375 e. The quantitative estimate of drug-likeness (QED) is 0.840. The van der Waals surface area contributed by atoms with Crippen molar-refractivity contribution in [3.05, 3.63) is 0 Å². The monoisotopic (exact) mass is 256 g/mol. The van der Waals surface area contributed by atoms with Gasteiger partial charge in [0, 0.05) is 31.7 Å². The Morgan fingerprint density at radius 1 is 1.17 bits per heavy atom. The van der Waals surface area contributed by atoms with E-state index >= 15 is 0 Å². The molecule has 2 atom stereocenters. The Morgan fingerprint density at radius 2 is 1.78 bits per heavy atom. The van der Waals surface area contributed by atoms with E-state index in [4.69, 9.17) is 4.74 Å². The zero-order chi connectivity index (χ0) is 14.0. The Hall–Kier alpha value is -0.120. The van der Waals surface area contributed by atoms with E-state index in [0.29, 0.717) is 17.5 Å². The number of nitrogens with zero attached hydrogens (tertiary/aromatic N) is 1. The van der Waals surface area contributed by atoms with Crippen LogP contribution >= 0.6 is 0 Å². The highest BCUT2D eigenvalue weighted by Crippen LogP contribution is 2.23. The average Bonchev–Trinajstić information content (AvgIpc) is 2.17. The molecule has 1 aliphatic rings. The van der Waals surface area contributed by atoms with Crippen LogP contribution in [-0.4, -0.2) is 48.8 Å². The summed E-state index contributed by atoms with van der Waals surface area (Å²) < 4.78 is 5.84. The molecule has 0 saturated carbocycles. The lowest BCUT2D eigenvalue weighted by atomic mass is 9.85. The summed E-state index contributed by atoms with van der Waals surface area (Å²) in [6, 6.07) is 1.18. The Morgan fingerprint density at radius 3 is 2.28 bits per heavy atom. The highest BCUT2D eigenvalue weighted by molar-refractivity contribution is 4.90. The summed E-state index contributed by atoms with van der Waals surface area (Å²) in [6.07, 6.45) is 0. The van der Waals surface area contributed by atoms with E-state index in [1.807, 2.05) is 0 Å². The van der Waals surface area contributed by atoms with Gasteiger partial charge in [0.25, 0.3) is 0 Å². The minimum atomic E-state index is -0.0271. The molecule has 0 aromatic carbocycles. The molecule has 3 nitrogen and oxygen atoms in total. The smallest absolute Gasteiger partial charge is 0.0600 e. The third kappa shape index (κ3) is 5.25. The molecule has 1 aliphatic heterocycles. The van der Waals surface area contributed by atoms with Crippen LogP contribution in [0.3, 0.4) is 0 Å². The van der Waals surface area contributed by atoms with Gasteiger partial charge in [-0.05, 0) is 33.1 Å². The fourth-order valence-corrected chi connectivity index (χ4v) is 2.28. The second-order valence-electron chi connectivity index (χ2n) is 7.63. The van der Waals surface area contributed by atoms with Crippen LogP contribution in [0.4, 0.5) is 0 Å². The van der Waals surface area contributed by atoms with E-state index in [1.54, 1.807) is 0 Å². The predicted molar refractivity (Wildman–Crippen MR) is 78.0 cm³/mol. The van der Waals surface area contributed by atoms with Crippen molar-refractivity contribution in [3.8, 4) is 0 Å². The van der Waals surface area contributed by atoms with Crippen molar-refractivity contribution in [3.63, 3.8) is 0 Å². The molecule has 1 saturated heterocycles. The number of rotatable bonds is 3. The summed E-state index contributed by atoms with van der Waals surface area (Å²) in [6.45, 7) is 19.6. The van der Waals surface area contributed by atoms with Gasteiger partial charge in [0.05, 0.1) is 12.2 Å². The van der Waals surface area contributed by atoms with Gasteiger partial charge in [-0.15, -0.1) is 0 Å². The van der Waals surface area contributed by atoms with Crippen molar-refractivity contribution in [2.24, 2.45) is 5.41 Å². The molecule has 3 heteroatoms. The van der Waals surface area contributed by atoms with E-state index in [-0.39, 0.29) is 5.60 Å². The molecule has 1 fully saturated rings. The topological polar surface area (TPSA) is 24.5 Å². The number of hydrogen-bond acceptors (Lipinski definition) is 3. The molecule has 1 rings (SSSR count). The van der Waals surface area contributed by atoms with E-state index in [2.05, 4.69) is 58.7 Å². The van der Waals surface area contributed by atoms with Gasteiger partial charge in [-0.3, -0.25) is 4.90 Å². The zero-order valence-electron chi connectivity index (χ0n) is 13.3. The highest BCUT2D eigenvalue weighted by Gasteiger charge is 2.32. The lowest BCUT2D eigenvalue weighted by Gasteiger charge is -2.44. The second-order valence-corrected chi connectivity index (χ2v) is 7.63. The van der Waals surface area contributed by atoms with Crippen molar-refractivity contribution in [2.45, 2.75) is 66.2 Å². The molecule has 0 amide bonds. The van der Waals surface area contributed by atoms with Crippen LogP contribution in [0, 0.1) is 5.41 Å². The van der Waals surface area contributed by atoms with Crippen LogP contribution in [0.15, 0.2) is 0 Å². The Bertz CT molecular complexity index is 252. The summed E-state index contributed by atoms with van der Waals surface area (Å²) >= 11 is 0. The molecule has 0 aromatic heterocycles. The first-order valence-corrected chi connectivity index (χ1v) is 7.21. The lowest BCUT2D eigenvalue weighted by Crippen LogP contribution is -2.60. The summed E-state index contributed by atoms with van der Waals surface area (Å²) in [5.41, 5.74) is 0.296. The number of piperazine rings is 1. The second kappa shape index (κ2) is 5.89. The first-order valence-electron chi connectivity index (χ1n) is 7.21. The fourth-order valence-electron chi connectivity index (χ4n) is 2.28. The highest BCUT2D eigenvalue weighted by atomic mass is 16.5. The van der Waals surface area contributed by atoms with Gasteiger partial charge in [-0.2, -0.15) is 0 Å². The van der Waals surface area contributed by atoms with E-state index in [9.17, 15) is 0 Å². The van der Waals surface area contributed by atoms with Crippen LogP contribution in [0.1, 0.15) is 48.5 Å². The summed E-state index contributed by atoms with van der Waals surface area (Å²) in [7, 11) is 0. The minimum Gasteiger partial charge on any atom is -0.375 e. The molecule has 108 valence electrons. The van der Waals surface area contributed by atoms with Crippen LogP contribution in [0.25, 0.3) is 0 Å². The SMILES string of the molecule is CC1CNC(C(C)(C)C)CN1CCOC(C)(C)C. The maximum Gasteiger partial charge on any atom is 0.0600 e. The molecule has 1 N–H and O–H groups in total. The summed E-state index contributed by atoms with van der Waals surface area (Å²) in [5, 5.41) is 3.66. The molecule has 0 spiro atoms. The number of hydrogen-bond donors (Lipinski definition) is 1. The van der Waals surface area contributed by atoms with E-state index in [0.717, 1.165) is 26.2 Å². The van der Waals surface area contributed by atoms with Gasteiger partial charge in [-0.1, -0.05) is 20.8 Å². The van der Waals surface area contributed by atoms with E-state index in [1.165, 1.54) is 0 Å². The molecule has 0 bridgehead atoms. The van der Waals surface area contributed by atoms with Gasteiger partial charge < -0.3 is 10.1 Å². The van der Waals surface area contributed by atoms with E-state index < -0.39 is 0 Å². The Kier molecular flexibility index (Phi) is 5.22. The molecule has 2 unspecified atom stereocenters. The van der Waals surface area contributed by atoms with Gasteiger partial charge >= 0.3 is 0 Å². The van der Waals surface area contributed by atoms with Gasteiger partial charge in [0.1, 0.15) is 0 Å². The maximum atomic E-state index is 5.84. The van der Waals surface area contributed by atoms with Crippen LogP contribution in [0.5, 0.6) is 0 Å². The third-order valence-electron chi connectivity index (χ3n) is 3.66. The minimum absolute atomic E-state index is 0.0271. The van der Waals surface area contributed by atoms with Crippen molar-refractivity contribution in [2.75, 3.05) is 26.2 Å². The number of ether oxygens (including phenoxy) is 1. The Balaban J connectivity index is 2.43. The molecule has 0 aromatic rings. The van der Waals surface area contributed by atoms with Gasteiger partial charge in [0.2, 0.25) is 0 Å². The standard InChI is InChI=1S/C15H32N2O/c1-12-10-16-13(14(2,3)4)11-17(12)8-9-18-15(5,6)7/h12-13,16H,8-11H2,1-7H3. The van der Waals surface area contributed by atoms with Gasteiger partial charge in [-0.25, -0.2) is 0 Å². The maximum absolute atomic E-state index is 5.84. The lowest BCUT2D eigenvalue weighted by molar-refractivity contribution is -0.0242. The average molecular weight is 256 g/mol. The Labute approximate surface area is 113 Å². The third-order valence-corrected chi connectivity index (χ3v) is 3.66.